The number of aryl methyl sites for hydroxylation is 1. The molecular weight excluding hydrogens is 392 g/mol. The Morgan fingerprint density at radius 3 is 2.81 bits per heavy atom. The number of aromatic amines is 2. The number of rotatable bonds is 5. The van der Waals surface area contributed by atoms with Gasteiger partial charge in [0.2, 0.25) is 0 Å². The molecule has 2 aromatic carbocycles. The highest BCUT2D eigenvalue weighted by molar-refractivity contribution is 6.00. The number of nitrogens with one attached hydrogen (secondary N) is 3. The van der Waals surface area contributed by atoms with Crippen LogP contribution >= 0.6 is 0 Å². The highest BCUT2D eigenvalue weighted by Crippen LogP contribution is 2.36. The lowest BCUT2D eigenvalue weighted by molar-refractivity contribution is 0.0932. The van der Waals surface area contributed by atoms with E-state index in [0.29, 0.717) is 22.8 Å². The average molecular weight is 416 g/mol. The lowest BCUT2D eigenvalue weighted by Crippen LogP contribution is -2.31. The van der Waals surface area contributed by atoms with Crippen LogP contribution in [0.5, 0.6) is 11.5 Å². The van der Waals surface area contributed by atoms with Gasteiger partial charge in [-0.25, -0.2) is 0 Å². The second-order valence-electron chi connectivity index (χ2n) is 7.71. The lowest BCUT2D eigenvalue weighted by atomic mass is 9.91. The molecule has 4 aromatic rings. The van der Waals surface area contributed by atoms with E-state index in [9.17, 15) is 4.79 Å². The molecule has 7 heteroatoms. The molecule has 1 aliphatic carbocycles. The number of carbonyl (C=O) groups excluding carboxylic acids is 1. The maximum Gasteiger partial charge on any atom is 0.255 e. The van der Waals surface area contributed by atoms with Crippen LogP contribution in [0.1, 0.15) is 40.5 Å². The predicted octanol–water partition coefficient (Wildman–Crippen LogP) is 4.38. The largest absolute Gasteiger partial charge is 0.493 e. The van der Waals surface area contributed by atoms with E-state index in [1.54, 1.807) is 20.4 Å². The van der Waals surface area contributed by atoms with Gasteiger partial charge >= 0.3 is 0 Å². The van der Waals surface area contributed by atoms with Gasteiger partial charge in [0.15, 0.2) is 11.5 Å². The van der Waals surface area contributed by atoms with Crippen LogP contribution in [-0.4, -0.2) is 35.3 Å². The molecule has 31 heavy (non-hydrogen) atoms. The van der Waals surface area contributed by atoms with E-state index in [1.807, 2.05) is 24.3 Å². The summed E-state index contributed by atoms with van der Waals surface area (Å²) in [5.41, 5.74) is 5.47. The van der Waals surface area contributed by atoms with Crippen molar-refractivity contribution in [2.45, 2.75) is 25.3 Å². The molecule has 1 atom stereocenters. The quantitative estimate of drug-likeness (QED) is 0.450. The van der Waals surface area contributed by atoms with Crippen LogP contribution in [0.15, 0.2) is 48.7 Å². The van der Waals surface area contributed by atoms with Gasteiger partial charge in [-0.3, -0.25) is 9.89 Å². The number of hydrogen-bond acceptors (Lipinski definition) is 4. The first-order valence-corrected chi connectivity index (χ1v) is 10.4. The topological polar surface area (TPSA) is 92.0 Å². The summed E-state index contributed by atoms with van der Waals surface area (Å²) in [5, 5.41) is 11.5. The van der Waals surface area contributed by atoms with Gasteiger partial charge in [0.1, 0.15) is 0 Å². The molecule has 0 radical (unpaired) electrons. The SMILES string of the molecule is COc1ccc(-c2[nH]ncc2C(=O)NC2CCCc3c2[nH]c2ccccc32)cc1OC. The average Bonchev–Trinajstić information content (AvgIpc) is 3.44. The number of nitrogens with zero attached hydrogens (tertiary/aromatic N) is 1. The molecule has 0 aliphatic heterocycles. The zero-order valence-corrected chi connectivity index (χ0v) is 17.5. The summed E-state index contributed by atoms with van der Waals surface area (Å²) in [7, 11) is 3.18. The van der Waals surface area contributed by atoms with Crippen LogP contribution in [0.25, 0.3) is 22.2 Å². The number of H-pyrrole nitrogens is 2. The summed E-state index contributed by atoms with van der Waals surface area (Å²) < 4.78 is 10.7. The third kappa shape index (κ3) is 3.32. The van der Waals surface area contributed by atoms with Crippen molar-refractivity contribution in [1.29, 1.82) is 0 Å². The van der Waals surface area contributed by atoms with Crippen LogP contribution in [0.3, 0.4) is 0 Å². The molecule has 2 heterocycles. The number of aromatic nitrogens is 3. The molecule has 1 aliphatic rings. The van der Waals surface area contributed by atoms with E-state index in [-0.39, 0.29) is 11.9 Å². The van der Waals surface area contributed by atoms with Crippen molar-refractivity contribution in [2.75, 3.05) is 14.2 Å². The Hall–Kier alpha value is -3.74. The van der Waals surface area contributed by atoms with Gasteiger partial charge in [-0.1, -0.05) is 18.2 Å². The molecule has 2 aromatic heterocycles. The Balaban J connectivity index is 1.44. The zero-order chi connectivity index (χ0) is 21.4. The van der Waals surface area contributed by atoms with Gasteiger partial charge in [0.25, 0.3) is 5.91 Å². The highest BCUT2D eigenvalue weighted by Gasteiger charge is 2.27. The Kier molecular flexibility index (Phi) is 4.86. The van der Waals surface area contributed by atoms with E-state index < -0.39 is 0 Å². The van der Waals surface area contributed by atoms with Crippen molar-refractivity contribution in [1.82, 2.24) is 20.5 Å². The molecule has 0 bridgehead atoms. The molecule has 7 nitrogen and oxygen atoms in total. The number of hydrogen-bond donors (Lipinski definition) is 3. The number of amides is 1. The monoisotopic (exact) mass is 416 g/mol. The minimum absolute atomic E-state index is 0.0585. The number of methoxy groups -OCH3 is 2. The minimum atomic E-state index is -0.157. The molecule has 3 N–H and O–H groups in total. The van der Waals surface area contributed by atoms with Crippen LogP contribution in [0.2, 0.25) is 0 Å². The Morgan fingerprint density at radius 2 is 1.97 bits per heavy atom. The summed E-state index contributed by atoms with van der Waals surface area (Å²) >= 11 is 0. The van der Waals surface area contributed by atoms with E-state index in [0.717, 1.165) is 36.0 Å². The van der Waals surface area contributed by atoms with Gasteiger partial charge in [-0.05, 0) is 49.1 Å². The van der Waals surface area contributed by atoms with E-state index in [4.69, 9.17) is 9.47 Å². The van der Waals surface area contributed by atoms with E-state index >= 15 is 0 Å². The highest BCUT2D eigenvalue weighted by atomic mass is 16.5. The van der Waals surface area contributed by atoms with Gasteiger partial charge in [0, 0.05) is 22.2 Å². The Bertz CT molecular complexity index is 1260. The zero-order valence-electron chi connectivity index (χ0n) is 17.5. The normalized spacial score (nSPS) is 15.5. The third-order valence-electron chi connectivity index (χ3n) is 5.98. The maximum atomic E-state index is 13.2. The fourth-order valence-electron chi connectivity index (χ4n) is 4.47. The maximum absolute atomic E-state index is 13.2. The second-order valence-corrected chi connectivity index (χ2v) is 7.71. The second kappa shape index (κ2) is 7.83. The van der Waals surface area contributed by atoms with Crippen molar-refractivity contribution in [3.8, 4) is 22.8 Å². The van der Waals surface area contributed by atoms with Crippen molar-refractivity contribution < 1.29 is 14.3 Å². The minimum Gasteiger partial charge on any atom is -0.493 e. The molecule has 0 fully saturated rings. The summed E-state index contributed by atoms with van der Waals surface area (Å²) in [6.45, 7) is 0. The van der Waals surface area contributed by atoms with Crippen molar-refractivity contribution in [3.63, 3.8) is 0 Å². The summed E-state index contributed by atoms with van der Waals surface area (Å²) in [5.74, 6) is 1.07. The standard InChI is InChI=1S/C24H24N4O3/c1-30-20-11-10-14(12-21(20)31-2)22-17(13-25-28-22)24(29)27-19-9-5-7-16-15-6-3-4-8-18(15)26-23(16)19/h3-4,6,8,10-13,19,26H,5,7,9H2,1-2H3,(H,25,28)(H,27,29). The molecule has 5 rings (SSSR count). The molecule has 158 valence electrons. The molecule has 0 saturated carbocycles. The van der Waals surface area contributed by atoms with Gasteiger partial charge in [-0.2, -0.15) is 5.10 Å². The van der Waals surface area contributed by atoms with Crippen molar-refractivity contribution >= 4 is 16.8 Å². The summed E-state index contributed by atoms with van der Waals surface area (Å²) in [4.78, 5) is 16.8. The first kappa shape index (κ1) is 19.2. The Morgan fingerprint density at radius 1 is 1.13 bits per heavy atom. The number of fused-ring (bicyclic) bond motifs is 3. The number of para-hydroxylation sites is 1. The summed E-state index contributed by atoms with van der Waals surface area (Å²) in [6.07, 6.45) is 4.52. The first-order valence-electron chi connectivity index (χ1n) is 10.4. The molecule has 1 amide bonds. The fraction of sp³-hybridized carbons (Fsp3) is 0.250. The van der Waals surface area contributed by atoms with Crippen molar-refractivity contribution in [3.05, 3.63) is 65.5 Å². The third-order valence-corrected chi connectivity index (χ3v) is 5.98. The lowest BCUT2D eigenvalue weighted by Gasteiger charge is -2.24. The predicted molar refractivity (Wildman–Crippen MR) is 119 cm³/mol. The number of ether oxygens (including phenoxy) is 2. The molecule has 0 saturated heterocycles. The van der Waals surface area contributed by atoms with Crippen LogP contribution in [0, 0.1) is 0 Å². The first-order chi connectivity index (χ1) is 15.2. The van der Waals surface area contributed by atoms with Gasteiger partial charge in [-0.15, -0.1) is 0 Å². The van der Waals surface area contributed by atoms with Crippen molar-refractivity contribution in [2.24, 2.45) is 0 Å². The fourth-order valence-corrected chi connectivity index (χ4v) is 4.47. The van der Waals surface area contributed by atoms with E-state index in [1.165, 1.54) is 10.9 Å². The van der Waals surface area contributed by atoms with Crippen LogP contribution < -0.4 is 14.8 Å². The van der Waals surface area contributed by atoms with E-state index in [2.05, 4.69) is 38.7 Å². The van der Waals surface area contributed by atoms with Crippen LogP contribution in [0.4, 0.5) is 0 Å². The van der Waals surface area contributed by atoms with Gasteiger partial charge < -0.3 is 19.8 Å². The van der Waals surface area contributed by atoms with Crippen LogP contribution in [-0.2, 0) is 6.42 Å². The molecular formula is C24H24N4O3. The smallest absolute Gasteiger partial charge is 0.255 e. The molecule has 1 unspecified atom stereocenters. The van der Waals surface area contributed by atoms with Gasteiger partial charge in [0.05, 0.1) is 37.7 Å². The number of carbonyl (C=O) groups is 1. The summed E-state index contributed by atoms with van der Waals surface area (Å²) in [6, 6.07) is 13.8. The number of benzene rings is 2. The molecule has 0 spiro atoms. The Labute approximate surface area is 179 Å².